The van der Waals surface area contributed by atoms with E-state index in [9.17, 15) is 0 Å². The molecule has 0 bridgehead atoms. The predicted molar refractivity (Wildman–Crippen MR) is 81.8 cm³/mol. The molecule has 1 unspecified atom stereocenters. The summed E-state index contributed by atoms with van der Waals surface area (Å²) in [5.74, 6) is 1.02. The van der Waals surface area contributed by atoms with Gasteiger partial charge in [-0.05, 0) is 43.6 Å². The van der Waals surface area contributed by atoms with Crippen LogP contribution >= 0.6 is 0 Å². The van der Waals surface area contributed by atoms with E-state index in [1.54, 1.807) is 7.11 Å². The summed E-state index contributed by atoms with van der Waals surface area (Å²) in [6.45, 7) is 2.82. The Bertz CT molecular complexity index is 434. The van der Waals surface area contributed by atoms with Crippen LogP contribution in [0.4, 0.5) is 0 Å². The lowest BCUT2D eigenvalue weighted by molar-refractivity contribution is 0.168. The molecule has 2 rings (SSSR count). The monoisotopic (exact) mass is 276 g/mol. The Morgan fingerprint density at radius 2 is 1.85 bits per heavy atom. The molecular formula is C15H24N4O. The molecule has 5 nitrogen and oxygen atoms in total. The van der Waals surface area contributed by atoms with Crippen LogP contribution in [0.2, 0.25) is 0 Å². The molecule has 0 aliphatic carbocycles. The molecule has 4 N–H and O–H groups in total. The standard InChI is InChI=1S/C15H24N4O/c1-20-13-7-5-12(6-8-13)14(11-18-15(16)17)19-9-3-2-4-10-19/h5-8,14H,2-4,9-11H2,1H3,(H4,16,17,18). The third-order valence-corrected chi connectivity index (χ3v) is 3.78. The number of nitrogens with zero attached hydrogens (tertiary/aromatic N) is 2. The third-order valence-electron chi connectivity index (χ3n) is 3.78. The maximum absolute atomic E-state index is 5.48. The molecule has 5 heteroatoms. The Labute approximate surface area is 120 Å². The van der Waals surface area contributed by atoms with Crippen molar-refractivity contribution in [2.45, 2.75) is 25.3 Å². The molecular weight excluding hydrogens is 252 g/mol. The van der Waals surface area contributed by atoms with Crippen molar-refractivity contribution in [3.8, 4) is 5.75 Å². The van der Waals surface area contributed by atoms with E-state index in [4.69, 9.17) is 16.2 Å². The summed E-state index contributed by atoms with van der Waals surface area (Å²) in [4.78, 5) is 6.69. The summed E-state index contributed by atoms with van der Waals surface area (Å²) in [5.41, 5.74) is 12.2. The minimum Gasteiger partial charge on any atom is -0.497 e. The van der Waals surface area contributed by atoms with E-state index >= 15 is 0 Å². The van der Waals surface area contributed by atoms with Gasteiger partial charge in [0.1, 0.15) is 5.75 Å². The summed E-state index contributed by atoms with van der Waals surface area (Å²) >= 11 is 0. The fourth-order valence-electron chi connectivity index (χ4n) is 2.68. The normalized spacial score (nSPS) is 17.4. The lowest BCUT2D eigenvalue weighted by Gasteiger charge is -2.34. The van der Waals surface area contributed by atoms with Gasteiger partial charge in [-0.3, -0.25) is 9.89 Å². The number of methoxy groups -OCH3 is 1. The number of hydrogen-bond donors (Lipinski definition) is 2. The average molecular weight is 276 g/mol. The van der Waals surface area contributed by atoms with Crippen LogP contribution in [0.5, 0.6) is 5.75 Å². The second-order valence-corrected chi connectivity index (χ2v) is 5.15. The number of piperidine rings is 1. The van der Waals surface area contributed by atoms with Gasteiger partial charge in [-0.25, -0.2) is 0 Å². The lowest BCUT2D eigenvalue weighted by Crippen LogP contribution is -2.36. The van der Waals surface area contributed by atoms with Crippen molar-refractivity contribution < 1.29 is 4.74 Å². The van der Waals surface area contributed by atoms with Crippen LogP contribution in [-0.4, -0.2) is 37.6 Å². The molecule has 0 aromatic heterocycles. The fraction of sp³-hybridized carbons (Fsp3) is 0.533. The van der Waals surface area contributed by atoms with Crippen molar-refractivity contribution in [2.24, 2.45) is 16.5 Å². The van der Waals surface area contributed by atoms with Crippen molar-refractivity contribution in [1.82, 2.24) is 4.90 Å². The molecule has 1 atom stereocenters. The van der Waals surface area contributed by atoms with Crippen molar-refractivity contribution in [2.75, 3.05) is 26.7 Å². The number of benzene rings is 1. The molecule has 1 aromatic rings. The Morgan fingerprint density at radius 3 is 2.40 bits per heavy atom. The predicted octanol–water partition coefficient (Wildman–Crippen LogP) is 1.50. The minimum atomic E-state index is 0.153. The second kappa shape index (κ2) is 7.14. The Balaban J connectivity index is 2.16. The van der Waals surface area contributed by atoms with Gasteiger partial charge in [-0.15, -0.1) is 0 Å². The molecule has 1 saturated heterocycles. The SMILES string of the molecule is COc1ccc(C(CN=C(N)N)N2CCCCC2)cc1. The van der Waals surface area contributed by atoms with Crippen LogP contribution in [0, 0.1) is 0 Å². The van der Waals surface area contributed by atoms with Crippen molar-refractivity contribution in [1.29, 1.82) is 0 Å². The fourth-order valence-corrected chi connectivity index (χ4v) is 2.68. The van der Waals surface area contributed by atoms with Gasteiger partial charge in [0.05, 0.1) is 19.7 Å². The summed E-state index contributed by atoms with van der Waals surface area (Å²) < 4.78 is 5.21. The van der Waals surface area contributed by atoms with Crippen molar-refractivity contribution in [3.05, 3.63) is 29.8 Å². The smallest absolute Gasteiger partial charge is 0.185 e. The molecule has 0 amide bonds. The van der Waals surface area contributed by atoms with Crippen LogP contribution in [0.15, 0.2) is 29.3 Å². The molecule has 20 heavy (non-hydrogen) atoms. The van der Waals surface area contributed by atoms with Gasteiger partial charge in [0.15, 0.2) is 5.96 Å². The van der Waals surface area contributed by atoms with Gasteiger partial charge in [0.2, 0.25) is 0 Å². The summed E-state index contributed by atoms with van der Waals surface area (Å²) in [6.07, 6.45) is 3.80. The van der Waals surface area contributed by atoms with Gasteiger partial charge < -0.3 is 16.2 Å². The highest BCUT2D eigenvalue weighted by Crippen LogP contribution is 2.26. The van der Waals surface area contributed by atoms with Crippen LogP contribution in [0.1, 0.15) is 30.9 Å². The first kappa shape index (κ1) is 14.7. The van der Waals surface area contributed by atoms with Gasteiger partial charge in [0, 0.05) is 0 Å². The van der Waals surface area contributed by atoms with Crippen molar-refractivity contribution >= 4 is 5.96 Å². The van der Waals surface area contributed by atoms with Gasteiger partial charge >= 0.3 is 0 Å². The number of aliphatic imine (C=N–C) groups is 1. The Morgan fingerprint density at radius 1 is 1.20 bits per heavy atom. The minimum absolute atomic E-state index is 0.153. The van der Waals surface area contributed by atoms with E-state index in [1.807, 2.05) is 12.1 Å². The number of rotatable bonds is 5. The molecule has 1 aliphatic rings. The number of likely N-dealkylation sites (tertiary alicyclic amines) is 1. The number of hydrogen-bond acceptors (Lipinski definition) is 3. The summed E-state index contributed by atoms with van der Waals surface area (Å²) in [7, 11) is 1.68. The maximum atomic E-state index is 5.48. The van der Waals surface area contributed by atoms with E-state index in [1.165, 1.54) is 24.8 Å². The molecule has 1 fully saturated rings. The highest BCUT2D eigenvalue weighted by atomic mass is 16.5. The number of ether oxygens (including phenoxy) is 1. The van der Waals surface area contributed by atoms with E-state index in [0.717, 1.165) is 18.8 Å². The first-order valence-electron chi connectivity index (χ1n) is 7.14. The molecule has 0 radical (unpaired) electrons. The zero-order valence-electron chi connectivity index (χ0n) is 12.1. The topological polar surface area (TPSA) is 76.9 Å². The summed E-state index contributed by atoms with van der Waals surface area (Å²) in [5, 5.41) is 0. The second-order valence-electron chi connectivity index (χ2n) is 5.15. The van der Waals surface area contributed by atoms with E-state index < -0.39 is 0 Å². The zero-order valence-corrected chi connectivity index (χ0v) is 12.1. The highest BCUT2D eigenvalue weighted by molar-refractivity contribution is 5.75. The molecule has 0 saturated carbocycles. The first-order valence-corrected chi connectivity index (χ1v) is 7.14. The van der Waals surface area contributed by atoms with Gasteiger partial charge in [-0.1, -0.05) is 18.6 Å². The highest BCUT2D eigenvalue weighted by Gasteiger charge is 2.22. The molecule has 1 aromatic carbocycles. The van der Waals surface area contributed by atoms with Gasteiger partial charge in [-0.2, -0.15) is 0 Å². The maximum Gasteiger partial charge on any atom is 0.185 e. The Hall–Kier alpha value is -1.75. The van der Waals surface area contributed by atoms with Crippen LogP contribution < -0.4 is 16.2 Å². The quantitative estimate of drug-likeness (QED) is 0.631. The number of nitrogens with two attached hydrogens (primary N) is 2. The number of guanidine groups is 1. The lowest BCUT2D eigenvalue weighted by atomic mass is 10.0. The van der Waals surface area contributed by atoms with Gasteiger partial charge in [0.25, 0.3) is 0 Å². The molecule has 110 valence electrons. The molecule has 1 aliphatic heterocycles. The van der Waals surface area contributed by atoms with E-state index in [2.05, 4.69) is 22.0 Å². The van der Waals surface area contributed by atoms with Crippen LogP contribution in [0.25, 0.3) is 0 Å². The van der Waals surface area contributed by atoms with Crippen molar-refractivity contribution in [3.63, 3.8) is 0 Å². The van der Waals surface area contributed by atoms with Crippen LogP contribution in [0.3, 0.4) is 0 Å². The average Bonchev–Trinajstić information content (AvgIpc) is 2.49. The molecule has 1 heterocycles. The van der Waals surface area contributed by atoms with E-state index in [0.29, 0.717) is 6.54 Å². The largest absolute Gasteiger partial charge is 0.497 e. The summed E-state index contributed by atoms with van der Waals surface area (Å²) in [6, 6.07) is 8.41. The molecule has 0 spiro atoms. The van der Waals surface area contributed by atoms with Crippen LogP contribution in [-0.2, 0) is 0 Å². The first-order chi connectivity index (χ1) is 9.70. The Kier molecular flexibility index (Phi) is 5.24. The van der Waals surface area contributed by atoms with E-state index in [-0.39, 0.29) is 12.0 Å². The third kappa shape index (κ3) is 3.87. The zero-order chi connectivity index (χ0) is 14.4.